The average Bonchev–Trinajstić information content (AvgIpc) is 0.831. The van der Waals surface area contributed by atoms with E-state index in [1.807, 2.05) is 259 Å². The zero-order chi connectivity index (χ0) is 91.1. The minimum atomic E-state index is -0.544. The highest BCUT2D eigenvalue weighted by Gasteiger charge is 2.31. The molecule has 12 aromatic rings. The molecule has 28 heteroatoms. The first-order valence-electron chi connectivity index (χ1n) is 40.6. The van der Waals surface area contributed by atoms with E-state index in [-0.39, 0.29) is 22.2 Å². The Morgan fingerprint density at radius 1 is 0.244 bits per heavy atom. The van der Waals surface area contributed by atoms with Crippen LogP contribution in [-0.4, -0.2) is 122 Å². The number of aryl methyl sites for hydroxylation is 15. The van der Waals surface area contributed by atoms with Gasteiger partial charge in [-0.15, -0.1) is 0 Å². The summed E-state index contributed by atoms with van der Waals surface area (Å²) in [5, 5.41) is 13.0. The molecule has 0 radical (unpaired) electrons. The largest absolute Gasteiger partial charge is 0.454 e. The monoisotopic (exact) mass is 1680 g/mol. The molecular formula is C95H126N20O8. The molecule has 0 aliphatic carbocycles. The lowest BCUT2D eigenvalue weighted by Gasteiger charge is -2.25. The Balaban J connectivity index is 0.000000203. The minimum Gasteiger partial charge on any atom is -0.454 e. The molecule has 0 aliphatic heterocycles. The van der Waals surface area contributed by atoms with Gasteiger partial charge in [0.25, 0.3) is 0 Å². The Hall–Kier alpha value is -11.9. The van der Waals surface area contributed by atoms with Crippen molar-refractivity contribution < 1.29 is 37.9 Å². The zero-order valence-electron chi connectivity index (χ0n) is 78.2. The lowest BCUT2D eigenvalue weighted by Crippen LogP contribution is -2.34. The highest BCUT2D eigenvalue weighted by atomic mass is 16.5. The first kappa shape index (κ1) is 98.2. The first-order chi connectivity index (χ1) is 57.9. The van der Waals surface area contributed by atoms with Crippen LogP contribution >= 0.6 is 0 Å². The second kappa shape index (κ2) is 43.2. The van der Waals surface area contributed by atoms with Gasteiger partial charge in [0.2, 0.25) is 23.5 Å². The molecule has 0 spiro atoms. The molecule has 0 aliphatic rings. The number of pyridine rings is 8. The lowest BCUT2D eigenvalue weighted by molar-refractivity contribution is 0.0135. The smallest absolute Gasteiger partial charge is 0.241 e. The summed E-state index contributed by atoms with van der Waals surface area (Å²) in [6.45, 7) is 53.4. The van der Waals surface area contributed by atoms with Crippen molar-refractivity contribution in [1.29, 1.82) is 0 Å². The summed E-state index contributed by atoms with van der Waals surface area (Å²) in [5.41, 5.74) is 16.4. The van der Waals surface area contributed by atoms with E-state index in [0.29, 0.717) is 46.5 Å². The van der Waals surface area contributed by atoms with Crippen LogP contribution in [0.5, 0.6) is 69.5 Å². The molecular weight excluding hydrogens is 1550 g/mol. The number of ether oxygens (including phenoxy) is 8. The van der Waals surface area contributed by atoms with E-state index in [0.717, 1.165) is 142 Å². The fourth-order valence-electron chi connectivity index (χ4n) is 11.3. The van der Waals surface area contributed by atoms with Gasteiger partial charge in [-0.3, -0.25) is 59.8 Å². The molecule has 28 nitrogen and oxygen atoms in total. The van der Waals surface area contributed by atoms with Gasteiger partial charge in [-0.25, -0.2) is 19.9 Å². The fourth-order valence-corrected chi connectivity index (χ4v) is 11.3. The summed E-state index contributed by atoms with van der Waals surface area (Å²) < 4.78 is 46.6. The van der Waals surface area contributed by atoms with Crippen LogP contribution in [0.3, 0.4) is 0 Å². The molecule has 0 atom stereocenters. The van der Waals surface area contributed by atoms with Crippen LogP contribution in [0, 0.1) is 104 Å². The third kappa shape index (κ3) is 26.8. The number of nitrogens with zero attached hydrogens (tertiary/aromatic N) is 16. The summed E-state index contributed by atoms with van der Waals surface area (Å²) in [6.07, 6.45) is 15.5. The van der Waals surface area contributed by atoms with Crippen LogP contribution in [0.4, 0.5) is 0 Å². The molecule has 12 aromatic heterocycles. The summed E-state index contributed by atoms with van der Waals surface area (Å²) >= 11 is 0. The molecule has 0 aromatic carbocycles. The molecule has 4 N–H and O–H groups in total. The summed E-state index contributed by atoms with van der Waals surface area (Å²) in [6, 6.07) is 26.5. The number of methoxy groups -OCH3 is 2. The highest BCUT2D eigenvalue weighted by Crippen LogP contribution is 2.39. The second-order valence-electron chi connectivity index (χ2n) is 32.5. The van der Waals surface area contributed by atoms with E-state index in [1.165, 1.54) is 0 Å². The van der Waals surface area contributed by atoms with Crippen molar-refractivity contribution in [3.63, 3.8) is 0 Å². The fraction of sp³-hybridized carbons (Fsp3) is 0.411. The van der Waals surface area contributed by atoms with Gasteiger partial charge in [-0.05, 0) is 311 Å². The maximum Gasteiger partial charge on any atom is 0.241 e. The minimum absolute atomic E-state index is 0.260. The molecule has 0 unspecified atom stereocenters. The van der Waals surface area contributed by atoms with Crippen molar-refractivity contribution in [2.45, 2.75) is 220 Å². The Labute approximate surface area is 727 Å². The molecule has 12 rings (SSSR count). The standard InChI is InChI=1S/C17H23N3O.C16H22N4O.C16H21N3O2.C16H21N3O.C15H20N4O.C15H19N3O2/c1-11-10-15(13(3)20-12(11)2)21-14-8-7-9-19-16(14)17(4,5)18-6;1-10-11(2)20-15(12(3)19-10)21-13-8-7-9-18-14(13)16(4,5)17-6;1-10-11(2)19-15(12(3)18-10)21-13-8-7-9-17-14(13)16(4,5)20-6;1-11-9-13(10-19-12(11)2)20-14-7-6-8-18-15(14)16(3,4)17-5;1-10-11(2)19-13(9-18-10)20-12-7-6-8-17-14(12)15(3,4)16-5;1-10-11(2)18-13(9-17-10)20-12-7-6-8-16-14(12)15(3,4)19-5/h7-10,18H,1-6H3;7-9,17H,1-6H3;7-9H,1-6H3;6-10,17H,1-5H3;6-9,16H,1-5H3;6-9H,1-5H3. The van der Waals surface area contributed by atoms with Crippen LogP contribution in [0.25, 0.3) is 0 Å². The third-order valence-corrected chi connectivity index (χ3v) is 21.1. The van der Waals surface area contributed by atoms with Crippen molar-refractivity contribution >= 4 is 0 Å². The molecule has 12 heterocycles. The highest BCUT2D eigenvalue weighted by molar-refractivity contribution is 5.44. The molecule has 0 fully saturated rings. The summed E-state index contributed by atoms with van der Waals surface area (Å²) in [4.78, 5) is 70.5. The van der Waals surface area contributed by atoms with Gasteiger partial charge in [-0.2, -0.15) is 0 Å². The van der Waals surface area contributed by atoms with Gasteiger partial charge in [0.1, 0.15) is 68.3 Å². The van der Waals surface area contributed by atoms with Crippen LogP contribution in [-0.2, 0) is 42.8 Å². The van der Waals surface area contributed by atoms with Gasteiger partial charge in [-0.1, -0.05) is 0 Å². The zero-order valence-corrected chi connectivity index (χ0v) is 78.2. The normalized spacial score (nSPS) is 11.5. The van der Waals surface area contributed by atoms with Crippen LogP contribution in [0.1, 0.15) is 202 Å². The van der Waals surface area contributed by atoms with E-state index in [9.17, 15) is 0 Å². The SMILES string of the molecule is CNC(C)(C)c1ncccc1Oc1cc(C)c(C)nc1C.CNC(C)(C)c1ncccc1Oc1cnc(C)c(C)c1.CNC(C)(C)c1ncccc1Oc1cnc(C)c(C)n1.CNC(C)(C)c1ncccc1Oc1nc(C)c(C)nc1C.COC(C)(C)c1ncccc1Oc1cnc(C)c(C)n1.COC(C)(C)c1ncccc1Oc1nc(C)c(C)nc1C. The van der Waals surface area contributed by atoms with E-state index in [4.69, 9.17) is 37.9 Å². The number of nitrogens with one attached hydrogen (secondary N) is 4. The maximum absolute atomic E-state index is 6.10. The number of hydrogen-bond acceptors (Lipinski definition) is 28. The van der Waals surface area contributed by atoms with Crippen molar-refractivity contribution in [2.75, 3.05) is 42.4 Å². The molecule has 0 bridgehead atoms. The summed E-state index contributed by atoms with van der Waals surface area (Å²) in [7, 11) is 10.9. The maximum atomic E-state index is 6.10. The Morgan fingerprint density at radius 2 is 0.520 bits per heavy atom. The number of hydrogen-bond donors (Lipinski definition) is 4. The van der Waals surface area contributed by atoms with Crippen molar-refractivity contribution in [3.8, 4) is 69.5 Å². The quantitative estimate of drug-likeness (QED) is 0.0436. The molecule has 654 valence electrons. The Kier molecular flexibility index (Phi) is 34.5. The lowest BCUT2D eigenvalue weighted by atomic mass is 9.99. The van der Waals surface area contributed by atoms with Gasteiger partial charge < -0.3 is 59.2 Å². The van der Waals surface area contributed by atoms with E-state index >= 15 is 0 Å². The van der Waals surface area contributed by atoms with Crippen molar-refractivity contribution in [2.24, 2.45) is 0 Å². The van der Waals surface area contributed by atoms with Crippen molar-refractivity contribution in [1.82, 2.24) is 101 Å². The molecule has 0 saturated carbocycles. The van der Waals surface area contributed by atoms with Gasteiger partial charge in [0, 0.05) is 62.8 Å². The van der Waals surface area contributed by atoms with E-state index < -0.39 is 11.2 Å². The van der Waals surface area contributed by atoms with Gasteiger partial charge in [0.05, 0.1) is 92.0 Å². The number of rotatable bonds is 24. The predicted octanol–water partition coefficient (Wildman–Crippen LogP) is 19.4. The molecule has 0 amide bonds. The van der Waals surface area contributed by atoms with Gasteiger partial charge in [0.15, 0.2) is 34.5 Å². The Morgan fingerprint density at radius 3 is 0.854 bits per heavy atom. The average molecular weight is 1680 g/mol. The van der Waals surface area contributed by atoms with Gasteiger partial charge >= 0.3 is 0 Å². The predicted molar refractivity (Wildman–Crippen MR) is 482 cm³/mol. The second-order valence-corrected chi connectivity index (χ2v) is 32.5. The third-order valence-electron chi connectivity index (χ3n) is 21.1. The molecule has 0 saturated heterocycles. The molecule has 123 heavy (non-hydrogen) atoms. The summed E-state index contributed by atoms with van der Waals surface area (Å²) in [5.74, 6) is 7.60. The van der Waals surface area contributed by atoms with Crippen LogP contribution < -0.4 is 49.7 Å². The Bertz CT molecular complexity index is 4990. The first-order valence-corrected chi connectivity index (χ1v) is 40.6. The van der Waals surface area contributed by atoms with Crippen molar-refractivity contribution in [3.05, 3.63) is 260 Å². The van der Waals surface area contributed by atoms with E-state index in [2.05, 4.69) is 143 Å². The van der Waals surface area contributed by atoms with E-state index in [1.54, 1.807) is 70.0 Å². The van der Waals surface area contributed by atoms with Crippen LogP contribution in [0.15, 0.2) is 141 Å². The number of aromatic nitrogens is 16. The van der Waals surface area contributed by atoms with Crippen LogP contribution in [0.2, 0.25) is 0 Å². The topological polar surface area (TPSA) is 328 Å².